The van der Waals surface area contributed by atoms with E-state index in [0.717, 1.165) is 32.1 Å². The lowest BCUT2D eigenvalue weighted by molar-refractivity contribution is -0.00779. The second-order valence-corrected chi connectivity index (χ2v) is 14.0. The van der Waals surface area contributed by atoms with Gasteiger partial charge in [0.1, 0.15) is 17.5 Å². The monoisotopic (exact) mass is 613 g/mol. The highest BCUT2D eigenvalue weighted by atomic mass is 32.2. The van der Waals surface area contributed by atoms with Crippen LogP contribution < -0.4 is 15.8 Å². The number of rotatable bonds is 13. The zero-order valence-corrected chi connectivity index (χ0v) is 25.6. The average molecular weight is 614 g/mol. The van der Waals surface area contributed by atoms with E-state index in [2.05, 4.69) is 11.4 Å². The lowest BCUT2D eigenvalue weighted by Gasteiger charge is -2.46. The van der Waals surface area contributed by atoms with E-state index in [-0.39, 0.29) is 29.8 Å². The number of carbonyl (C=O) groups excluding carboxylic acids is 1. The van der Waals surface area contributed by atoms with Crippen LogP contribution >= 0.6 is 0 Å². The topological polar surface area (TPSA) is 161 Å². The van der Waals surface area contributed by atoms with Crippen molar-refractivity contribution in [2.24, 2.45) is 11.1 Å². The summed E-state index contributed by atoms with van der Waals surface area (Å²) >= 11 is 0. The summed E-state index contributed by atoms with van der Waals surface area (Å²) < 4.78 is 45.2. The van der Waals surface area contributed by atoms with Gasteiger partial charge >= 0.3 is 6.09 Å². The lowest BCUT2D eigenvalue weighted by atomic mass is 9.67. The predicted octanol–water partition coefficient (Wildman–Crippen LogP) is 4.60. The summed E-state index contributed by atoms with van der Waals surface area (Å²) in [4.78, 5) is 10.5. The van der Waals surface area contributed by atoms with Gasteiger partial charge in [0.15, 0.2) is 0 Å². The number of hydrogen-bond donors (Lipinski definition) is 3. The molecular formula is C32H43N3O7S. The minimum absolute atomic E-state index is 0.159. The van der Waals surface area contributed by atoms with Crippen LogP contribution in [0.5, 0.6) is 5.75 Å². The van der Waals surface area contributed by atoms with Gasteiger partial charge in [-0.2, -0.15) is 5.26 Å². The molecule has 1 heterocycles. The number of ether oxygens (including phenoxy) is 3. The third kappa shape index (κ3) is 7.50. The average Bonchev–Trinajstić information content (AvgIpc) is 3.52. The van der Waals surface area contributed by atoms with Crippen LogP contribution in [0.1, 0.15) is 69.8 Å². The van der Waals surface area contributed by atoms with E-state index >= 15 is 0 Å². The first-order chi connectivity index (χ1) is 20.6. The number of benzene rings is 2. The van der Waals surface area contributed by atoms with Gasteiger partial charge in [-0.1, -0.05) is 49.6 Å². The number of hydrogen-bond acceptors (Lipinski definition) is 9. The Kier molecular flexibility index (Phi) is 10.7. The van der Waals surface area contributed by atoms with Crippen molar-refractivity contribution in [2.45, 2.75) is 92.2 Å². The molecule has 1 amide bonds. The van der Waals surface area contributed by atoms with Crippen molar-refractivity contribution in [1.29, 1.82) is 5.26 Å². The van der Waals surface area contributed by atoms with E-state index in [1.807, 2.05) is 6.07 Å². The van der Waals surface area contributed by atoms with Gasteiger partial charge in [0, 0.05) is 19.3 Å². The fourth-order valence-electron chi connectivity index (χ4n) is 6.40. The number of carbonyl (C=O) groups is 1. The van der Waals surface area contributed by atoms with Crippen molar-refractivity contribution >= 4 is 15.9 Å². The zero-order valence-electron chi connectivity index (χ0n) is 24.8. The van der Waals surface area contributed by atoms with Crippen molar-refractivity contribution in [3.05, 3.63) is 60.2 Å². The third-order valence-corrected chi connectivity index (χ3v) is 11.3. The standard InChI is InChI=1S/C32H43N3O7S/c1-40-26-11-13-28(14-12-26)43(38,39)32(37,20-19-30(18-8-21-33)16-6-3-7-17-30)31(34,23-25-9-4-2-5-10-25)35-29(36)42-27-15-22-41-24-27/h2,4-5,9-14,27,37H,3,6-8,15-20,22-24,34H2,1H3,(H,35,36)/t27-,31-,32+/m0/s1. The van der Waals surface area contributed by atoms with Gasteiger partial charge in [-0.25, -0.2) is 13.2 Å². The fraction of sp³-hybridized carbons (Fsp3) is 0.562. The highest BCUT2D eigenvalue weighted by Crippen LogP contribution is 2.47. The molecule has 0 spiro atoms. The molecule has 1 aliphatic carbocycles. The molecule has 1 aliphatic heterocycles. The van der Waals surface area contributed by atoms with Gasteiger partial charge in [-0.3, -0.25) is 5.32 Å². The SMILES string of the molecule is COc1ccc(S(=O)(=O)[C@](O)(CCC2(CCC#N)CCCCC2)[C@](N)(Cc2ccccc2)NC(=O)O[C@H]2CCOC2)cc1. The Labute approximate surface area is 254 Å². The smallest absolute Gasteiger partial charge is 0.409 e. The maximum Gasteiger partial charge on any atom is 0.409 e. The second-order valence-electron chi connectivity index (χ2n) is 11.8. The zero-order chi connectivity index (χ0) is 31.0. The number of aliphatic hydroxyl groups is 1. The summed E-state index contributed by atoms with van der Waals surface area (Å²) in [6, 6.07) is 16.8. The first kappa shape index (κ1) is 32.7. The van der Waals surface area contributed by atoms with Crippen molar-refractivity contribution in [1.82, 2.24) is 5.32 Å². The number of nitrogens with one attached hydrogen (secondary N) is 1. The Morgan fingerprint density at radius 2 is 1.84 bits per heavy atom. The molecule has 0 bridgehead atoms. The van der Waals surface area contributed by atoms with Crippen LogP contribution in [0.25, 0.3) is 0 Å². The molecule has 0 radical (unpaired) electrons. The van der Waals surface area contributed by atoms with Gasteiger partial charge in [-0.05, 0) is 67.3 Å². The van der Waals surface area contributed by atoms with Crippen LogP contribution in [0, 0.1) is 16.7 Å². The Hall–Kier alpha value is -3.17. The Bertz CT molecular complexity index is 1350. The summed E-state index contributed by atoms with van der Waals surface area (Å²) in [5.74, 6) is 0.448. The molecule has 43 heavy (non-hydrogen) atoms. The van der Waals surface area contributed by atoms with Crippen LogP contribution in [0.4, 0.5) is 4.79 Å². The number of methoxy groups -OCH3 is 1. The molecule has 0 aromatic heterocycles. The molecular weight excluding hydrogens is 570 g/mol. The first-order valence-corrected chi connectivity index (χ1v) is 16.4. The minimum Gasteiger partial charge on any atom is -0.497 e. The molecule has 2 aliphatic rings. The molecule has 1 saturated carbocycles. The fourth-order valence-corrected chi connectivity index (χ4v) is 8.25. The lowest BCUT2D eigenvalue weighted by Crippen LogP contribution is -2.74. The molecule has 3 atom stereocenters. The van der Waals surface area contributed by atoms with Crippen LogP contribution in [-0.4, -0.2) is 56.6 Å². The van der Waals surface area contributed by atoms with E-state index in [4.69, 9.17) is 19.9 Å². The van der Waals surface area contributed by atoms with Crippen LogP contribution in [0.15, 0.2) is 59.5 Å². The summed E-state index contributed by atoms with van der Waals surface area (Å²) in [6.07, 6.45) is 4.45. The van der Waals surface area contributed by atoms with E-state index in [1.54, 1.807) is 24.3 Å². The largest absolute Gasteiger partial charge is 0.497 e. The third-order valence-electron chi connectivity index (χ3n) is 9.00. The first-order valence-electron chi connectivity index (χ1n) is 14.9. The highest BCUT2D eigenvalue weighted by Gasteiger charge is 2.59. The molecule has 2 aromatic carbocycles. The van der Waals surface area contributed by atoms with Crippen LogP contribution in [0.2, 0.25) is 0 Å². The number of nitriles is 1. The molecule has 2 aromatic rings. The number of alkyl carbamates (subject to hydrolysis) is 1. The number of nitrogens with zero attached hydrogens (tertiary/aromatic N) is 1. The van der Waals surface area contributed by atoms with Crippen molar-refractivity contribution in [3.8, 4) is 11.8 Å². The highest BCUT2D eigenvalue weighted by molar-refractivity contribution is 7.92. The summed E-state index contributed by atoms with van der Waals surface area (Å²) in [5, 5.41) is 24.7. The van der Waals surface area contributed by atoms with E-state index in [0.29, 0.717) is 43.6 Å². The van der Waals surface area contributed by atoms with Crippen LogP contribution in [-0.2, 0) is 25.7 Å². The van der Waals surface area contributed by atoms with E-state index in [1.165, 1.54) is 31.4 Å². The van der Waals surface area contributed by atoms with Gasteiger partial charge in [0.25, 0.3) is 0 Å². The van der Waals surface area contributed by atoms with Gasteiger partial charge < -0.3 is 25.1 Å². The molecule has 234 valence electrons. The number of amides is 1. The van der Waals surface area contributed by atoms with Crippen LogP contribution in [0.3, 0.4) is 0 Å². The maximum atomic E-state index is 14.6. The molecule has 1 saturated heterocycles. The van der Waals surface area contributed by atoms with E-state index < -0.39 is 32.6 Å². The molecule has 4 N–H and O–H groups in total. The molecule has 11 heteroatoms. The van der Waals surface area contributed by atoms with Crippen molar-refractivity contribution in [3.63, 3.8) is 0 Å². The minimum atomic E-state index is -4.61. The summed E-state index contributed by atoms with van der Waals surface area (Å²) in [5.41, 5.74) is 5.07. The number of nitrogens with two attached hydrogens (primary N) is 1. The quantitative estimate of drug-likeness (QED) is 0.274. The van der Waals surface area contributed by atoms with E-state index in [9.17, 15) is 23.6 Å². The molecule has 2 fully saturated rings. The normalized spacial score (nSPS) is 21.1. The predicted molar refractivity (Wildman–Crippen MR) is 161 cm³/mol. The van der Waals surface area contributed by atoms with Gasteiger partial charge in [-0.15, -0.1) is 0 Å². The van der Waals surface area contributed by atoms with Gasteiger partial charge in [0.05, 0.1) is 31.3 Å². The second kappa shape index (κ2) is 14.1. The van der Waals surface area contributed by atoms with Crippen molar-refractivity contribution in [2.75, 3.05) is 20.3 Å². The molecule has 4 rings (SSSR count). The summed E-state index contributed by atoms with van der Waals surface area (Å²) in [6.45, 7) is 0.663. The maximum absolute atomic E-state index is 14.6. The Morgan fingerprint density at radius 3 is 2.44 bits per heavy atom. The van der Waals surface area contributed by atoms with Gasteiger partial charge in [0.2, 0.25) is 14.8 Å². The summed E-state index contributed by atoms with van der Waals surface area (Å²) in [7, 11) is -3.14. The molecule has 0 unspecified atom stereocenters. The molecule has 10 nitrogen and oxygen atoms in total. The Balaban J connectivity index is 1.79. The van der Waals surface area contributed by atoms with Crippen molar-refractivity contribution < 1.29 is 32.5 Å². The number of sulfone groups is 1. The Morgan fingerprint density at radius 1 is 1.14 bits per heavy atom.